The average Bonchev–Trinajstić information content (AvgIpc) is 2.25. The molecule has 2 N–H and O–H groups in total. The molecule has 0 aromatic carbocycles. The molecular weight excluding hydrogens is 184 g/mol. The number of rotatable bonds is 6. The highest BCUT2D eigenvalue weighted by molar-refractivity contribution is 4.83. The number of hydrogen-bond donors (Lipinski definition) is 2. The molecule has 0 amide bonds. The van der Waals surface area contributed by atoms with Crippen molar-refractivity contribution in [3.05, 3.63) is 0 Å². The second kappa shape index (κ2) is 6.49. The van der Waals surface area contributed by atoms with Crippen LogP contribution in [0.1, 0.15) is 52.9 Å². The molecular formula is C13H28N2. The van der Waals surface area contributed by atoms with E-state index in [9.17, 15) is 0 Å². The lowest BCUT2D eigenvalue weighted by molar-refractivity contribution is 0.212. The Bertz CT molecular complexity index is 162. The van der Waals surface area contributed by atoms with E-state index in [0.717, 1.165) is 0 Å². The Morgan fingerprint density at radius 2 is 2.00 bits per heavy atom. The molecule has 2 nitrogen and oxygen atoms in total. The summed E-state index contributed by atoms with van der Waals surface area (Å²) in [5, 5.41) is 7.13. The summed E-state index contributed by atoms with van der Waals surface area (Å²) in [4.78, 5) is 0. The molecule has 1 saturated heterocycles. The molecule has 1 heterocycles. The summed E-state index contributed by atoms with van der Waals surface area (Å²) >= 11 is 0. The first-order valence-corrected chi connectivity index (χ1v) is 6.60. The molecule has 0 aromatic heterocycles. The van der Waals surface area contributed by atoms with Gasteiger partial charge in [0.05, 0.1) is 0 Å². The van der Waals surface area contributed by atoms with Gasteiger partial charge in [-0.05, 0) is 44.7 Å². The van der Waals surface area contributed by atoms with Crippen LogP contribution in [0.4, 0.5) is 0 Å². The second-order valence-electron chi connectivity index (χ2n) is 5.48. The maximum Gasteiger partial charge on any atom is 0.00389 e. The van der Waals surface area contributed by atoms with Gasteiger partial charge in [-0.3, -0.25) is 0 Å². The van der Waals surface area contributed by atoms with Crippen LogP contribution in [0.15, 0.2) is 0 Å². The first-order chi connectivity index (χ1) is 7.16. The van der Waals surface area contributed by atoms with Crippen molar-refractivity contribution in [3.63, 3.8) is 0 Å². The predicted octanol–water partition coefficient (Wildman–Crippen LogP) is 2.54. The van der Waals surface area contributed by atoms with E-state index in [4.69, 9.17) is 0 Å². The Kier molecular flexibility index (Phi) is 5.62. The van der Waals surface area contributed by atoms with Crippen molar-refractivity contribution >= 4 is 0 Å². The van der Waals surface area contributed by atoms with Gasteiger partial charge in [0, 0.05) is 12.6 Å². The van der Waals surface area contributed by atoms with Crippen molar-refractivity contribution in [1.82, 2.24) is 10.6 Å². The van der Waals surface area contributed by atoms with Crippen LogP contribution in [-0.4, -0.2) is 25.7 Å². The van der Waals surface area contributed by atoms with Crippen LogP contribution in [0.5, 0.6) is 0 Å². The van der Waals surface area contributed by atoms with E-state index in [2.05, 4.69) is 31.4 Å². The van der Waals surface area contributed by atoms with Crippen molar-refractivity contribution in [2.24, 2.45) is 5.41 Å². The summed E-state index contributed by atoms with van der Waals surface area (Å²) in [6, 6.07) is 0.691. The van der Waals surface area contributed by atoms with E-state index < -0.39 is 0 Å². The zero-order valence-electron chi connectivity index (χ0n) is 10.7. The maximum atomic E-state index is 3.70. The summed E-state index contributed by atoms with van der Waals surface area (Å²) in [6.07, 6.45) is 6.63. The van der Waals surface area contributed by atoms with Crippen LogP contribution in [0.2, 0.25) is 0 Å². The minimum Gasteiger partial charge on any atom is -0.317 e. The standard InChI is InChI=1S/C13H28N2/c1-4-5-6-12(2)15-11-13(3)7-9-14-10-8-13/h12,14-15H,4-11H2,1-3H3. The van der Waals surface area contributed by atoms with Gasteiger partial charge in [0.1, 0.15) is 0 Å². The number of unbranched alkanes of at least 4 members (excludes halogenated alkanes) is 1. The molecule has 1 aliphatic heterocycles. The zero-order valence-corrected chi connectivity index (χ0v) is 10.7. The third-order valence-corrected chi connectivity index (χ3v) is 3.68. The Hall–Kier alpha value is -0.0800. The fraction of sp³-hybridized carbons (Fsp3) is 1.00. The topological polar surface area (TPSA) is 24.1 Å². The monoisotopic (exact) mass is 212 g/mol. The molecule has 2 heteroatoms. The summed E-state index contributed by atoms with van der Waals surface area (Å²) in [7, 11) is 0. The Balaban J connectivity index is 2.16. The van der Waals surface area contributed by atoms with E-state index in [1.807, 2.05) is 0 Å². The molecule has 0 spiro atoms. The average molecular weight is 212 g/mol. The lowest BCUT2D eigenvalue weighted by Gasteiger charge is -2.35. The molecule has 1 atom stereocenters. The van der Waals surface area contributed by atoms with Crippen molar-refractivity contribution in [3.8, 4) is 0 Å². The SMILES string of the molecule is CCCCC(C)NCC1(C)CCNCC1. The van der Waals surface area contributed by atoms with E-state index in [1.54, 1.807) is 0 Å². The van der Waals surface area contributed by atoms with E-state index in [0.29, 0.717) is 11.5 Å². The quantitative estimate of drug-likeness (QED) is 0.707. The number of hydrogen-bond acceptors (Lipinski definition) is 2. The van der Waals surface area contributed by atoms with Gasteiger partial charge in [-0.15, -0.1) is 0 Å². The fourth-order valence-corrected chi connectivity index (χ4v) is 2.24. The van der Waals surface area contributed by atoms with Gasteiger partial charge in [0.2, 0.25) is 0 Å². The molecule has 0 saturated carbocycles. The van der Waals surface area contributed by atoms with Gasteiger partial charge in [-0.1, -0.05) is 26.7 Å². The maximum absolute atomic E-state index is 3.70. The molecule has 0 bridgehead atoms. The van der Waals surface area contributed by atoms with Gasteiger partial charge in [0.15, 0.2) is 0 Å². The van der Waals surface area contributed by atoms with Crippen molar-refractivity contribution in [1.29, 1.82) is 0 Å². The van der Waals surface area contributed by atoms with Gasteiger partial charge in [-0.2, -0.15) is 0 Å². The lowest BCUT2D eigenvalue weighted by atomic mass is 9.81. The van der Waals surface area contributed by atoms with Gasteiger partial charge in [0.25, 0.3) is 0 Å². The summed E-state index contributed by atoms with van der Waals surface area (Å²) in [5.74, 6) is 0. The van der Waals surface area contributed by atoms with Gasteiger partial charge < -0.3 is 10.6 Å². The van der Waals surface area contributed by atoms with Crippen LogP contribution in [0.3, 0.4) is 0 Å². The summed E-state index contributed by atoms with van der Waals surface area (Å²) < 4.78 is 0. The van der Waals surface area contributed by atoms with E-state index in [1.165, 1.54) is 51.7 Å². The van der Waals surface area contributed by atoms with E-state index >= 15 is 0 Å². The first kappa shape index (κ1) is 13.0. The zero-order chi connectivity index (χ0) is 11.1. The molecule has 90 valence electrons. The first-order valence-electron chi connectivity index (χ1n) is 6.60. The highest BCUT2D eigenvalue weighted by atomic mass is 14.9. The fourth-order valence-electron chi connectivity index (χ4n) is 2.24. The Morgan fingerprint density at radius 3 is 2.60 bits per heavy atom. The molecule has 0 aromatic rings. The van der Waals surface area contributed by atoms with Crippen LogP contribution >= 0.6 is 0 Å². The summed E-state index contributed by atoms with van der Waals surface area (Å²) in [5.41, 5.74) is 0.533. The van der Waals surface area contributed by atoms with Crippen LogP contribution < -0.4 is 10.6 Å². The van der Waals surface area contributed by atoms with Crippen molar-refractivity contribution in [2.75, 3.05) is 19.6 Å². The molecule has 1 fully saturated rings. The molecule has 1 rings (SSSR count). The number of piperidine rings is 1. The largest absolute Gasteiger partial charge is 0.317 e. The smallest absolute Gasteiger partial charge is 0.00389 e. The lowest BCUT2D eigenvalue weighted by Crippen LogP contribution is -2.43. The molecule has 0 radical (unpaired) electrons. The van der Waals surface area contributed by atoms with E-state index in [-0.39, 0.29) is 0 Å². The Labute approximate surface area is 95.2 Å². The molecule has 0 aliphatic carbocycles. The minimum atomic E-state index is 0.533. The van der Waals surface area contributed by atoms with Crippen LogP contribution in [-0.2, 0) is 0 Å². The highest BCUT2D eigenvalue weighted by Gasteiger charge is 2.26. The van der Waals surface area contributed by atoms with Crippen molar-refractivity contribution in [2.45, 2.75) is 58.9 Å². The predicted molar refractivity (Wildman–Crippen MR) is 67.2 cm³/mol. The van der Waals surface area contributed by atoms with Crippen LogP contribution in [0.25, 0.3) is 0 Å². The Morgan fingerprint density at radius 1 is 1.33 bits per heavy atom. The molecule has 15 heavy (non-hydrogen) atoms. The van der Waals surface area contributed by atoms with Crippen molar-refractivity contribution < 1.29 is 0 Å². The molecule has 1 unspecified atom stereocenters. The third-order valence-electron chi connectivity index (χ3n) is 3.68. The normalized spacial score (nSPS) is 22.6. The summed E-state index contributed by atoms with van der Waals surface area (Å²) in [6.45, 7) is 10.6. The highest BCUT2D eigenvalue weighted by Crippen LogP contribution is 2.26. The minimum absolute atomic E-state index is 0.533. The molecule has 1 aliphatic rings. The number of nitrogens with one attached hydrogen (secondary N) is 2. The second-order valence-corrected chi connectivity index (χ2v) is 5.48. The third kappa shape index (κ3) is 4.98. The van der Waals surface area contributed by atoms with Crippen LogP contribution in [0, 0.1) is 5.41 Å². The van der Waals surface area contributed by atoms with Gasteiger partial charge >= 0.3 is 0 Å². The van der Waals surface area contributed by atoms with Gasteiger partial charge in [-0.25, -0.2) is 0 Å².